The molecule has 0 bridgehead atoms. The van der Waals surface area contributed by atoms with E-state index in [1.807, 2.05) is 12.1 Å². The maximum atomic E-state index is 9.83. The largest absolute Gasteiger partial charge is 0.472 e. The van der Waals surface area contributed by atoms with E-state index in [1.54, 1.807) is 24.7 Å². The molecule has 0 fully saturated rings. The Morgan fingerprint density at radius 3 is 2.82 bits per heavy atom. The molecule has 0 saturated carbocycles. The average molecular weight is 148 g/mol. The van der Waals surface area contributed by atoms with Crippen molar-refractivity contribution < 1.29 is 9.21 Å². The van der Waals surface area contributed by atoms with Crippen LogP contribution in [0, 0.1) is 0 Å². The summed E-state index contributed by atoms with van der Waals surface area (Å²) in [4.78, 5) is 9.83. The molecule has 0 unspecified atom stereocenters. The first kappa shape index (κ1) is 7.54. The fourth-order valence-electron chi connectivity index (χ4n) is 0.646. The number of furan rings is 1. The summed E-state index contributed by atoms with van der Waals surface area (Å²) < 4.78 is 4.83. The van der Waals surface area contributed by atoms with Gasteiger partial charge in [0, 0.05) is 5.56 Å². The molecule has 1 heterocycles. The van der Waals surface area contributed by atoms with E-state index in [-0.39, 0.29) is 0 Å². The van der Waals surface area contributed by atoms with Crippen LogP contribution in [0.4, 0.5) is 0 Å². The van der Waals surface area contributed by atoms with E-state index in [4.69, 9.17) is 4.42 Å². The number of aldehydes is 1. The van der Waals surface area contributed by atoms with Gasteiger partial charge in [0.25, 0.3) is 0 Å². The summed E-state index contributed by atoms with van der Waals surface area (Å²) in [6.45, 7) is 0. The van der Waals surface area contributed by atoms with Crippen LogP contribution in [-0.2, 0) is 4.79 Å². The average Bonchev–Trinajstić information content (AvgIpc) is 2.50. The van der Waals surface area contributed by atoms with Gasteiger partial charge in [-0.05, 0) is 12.1 Å². The molecule has 1 aromatic heterocycles. The standard InChI is InChI=1S/C9H8O2/c10-6-3-1-2-4-9-5-7-11-8-9/h1-8H. The first-order chi connectivity index (χ1) is 5.43. The van der Waals surface area contributed by atoms with Gasteiger partial charge in [0.2, 0.25) is 0 Å². The third-order valence-electron chi connectivity index (χ3n) is 1.13. The van der Waals surface area contributed by atoms with Gasteiger partial charge >= 0.3 is 0 Å². The molecule has 0 aliphatic carbocycles. The highest BCUT2D eigenvalue weighted by molar-refractivity contribution is 5.66. The zero-order chi connectivity index (χ0) is 7.94. The van der Waals surface area contributed by atoms with E-state index in [9.17, 15) is 4.79 Å². The molecular weight excluding hydrogens is 140 g/mol. The van der Waals surface area contributed by atoms with Gasteiger partial charge in [-0.25, -0.2) is 0 Å². The molecule has 0 aliphatic heterocycles. The van der Waals surface area contributed by atoms with Gasteiger partial charge in [0.05, 0.1) is 12.5 Å². The maximum Gasteiger partial charge on any atom is 0.142 e. The van der Waals surface area contributed by atoms with E-state index in [2.05, 4.69) is 0 Å². The van der Waals surface area contributed by atoms with E-state index < -0.39 is 0 Å². The lowest BCUT2D eigenvalue weighted by Crippen LogP contribution is -1.59. The summed E-state index contributed by atoms with van der Waals surface area (Å²) in [5, 5.41) is 0. The number of carbonyl (C=O) groups excluding carboxylic acids is 1. The van der Waals surface area contributed by atoms with Gasteiger partial charge in [-0.1, -0.05) is 18.2 Å². The van der Waals surface area contributed by atoms with E-state index in [0.29, 0.717) is 0 Å². The minimum absolute atomic E-state index is 0.736. The van der Waals surface area contributed by atoms with Crippen LogP contribution < -0.4 is 0 Å². The van der Waals surface area contributed by atoms with Gasteiger partial charge in [-0.15, -0.1) is 0 Å². The SMILES string of the molecule is O=CC=CC=Cc1ccoc1. The first-order valence-corrected chi connectivity index (χ1v) is 3.24. The predicted octanol–water partition coefficient (Wildman–Crippen LogP) is 2.05. The summed E-state index contributed by atoms with van der Waals surface area (Å²) >= 11 is 0. The fraction of sp³-hybridized carbons (Fsp3) is 0. The number of allylic oxidation sites excluding steroid dienone is 3. The Hall–Kier alpha value is -1.57. The summed E-state index contributed by atoms with van der Waals surface area (Å²) in [5.74, 6) is 0. The van der Waals surface area contributed by atoms with Crippen LogP contribution in [0.25, 0.3) is 6.08 Å². The lowest BCUT2D eigenvalue weighted by Gasteiger charge is -1.75. The van der Waals surface area contributed by atoms with E-state index >= 15 is 0 Å². The molecule has 0 aromatic carbocycles. The van der Waals surface area contributed by atoms with Crippen molar-refractivity contribution in [3.05, 3.63) is 42.4 Å². The Morgan fingerprint density at radius 1 is 1.27 bits per heavy atom. The molecule has 0 radical (unpaired) electrons. The van der Waals surface area contributed by atoms with E-state index in [0.717, 1.165) is 11.8 Å². The van der Waals surface area contributed by atoms with Crippen molar-refractivity contribution >= 4 is 12.4 Å². The molecule has 0 N–H and O–H groups in total. The fourth-order valence-corrected chi connectivity index (χ4v) is 0.646. The molecular formula is C9H8O2. The zero-order valence-corrected chi connectivity index (χ0v) is 5.94. The Labute approximate surface area is 64.8 Å². The summed E-state index contributed by atoms with van der Waals surface area (Å²) in [6.07, 6.45) is 10.7. The van der Waals surface area contributed by atoms with Crippen molar-refractivity contribution in [2.24, 2.45) is 0 Å². The molecule has 0 saturated heterocycles. The highest BCUT2D eigenvalue weighted by Crippen LogP contribution is 2.01. The summed E-state index contributed by atoms with van der Waals surface area (Å²) in [6, 6.07) is 1.84. The van der Waals surface area contributed by atoms with Gasteiger partial charge in [-0.3, -0.25) is 4.79 Å². The van der Waals surface area contributed by atoms with Crippen molar-refractivity contribution in [1.82, 2.24) is 0 Å². The molecule has 11 heavy (non-hydrogen) atoms. The van der Waals surface area contributed by atoms with Gasteiger partial charge < -0.3 is 4.42 Å². The highest BCUT2D eigenvalue weighted by Gasteiger charge is 1.82. The first-order valence-electron chi connectivity index (χ1n) is 3.24. The Morgan fingerprint density at radius 2 is 2.18 bits per heavy atom. The van der Waals surface area contributed by atoms with Gasteiger partial charge in [-0.2, -0.15) is 0 Å². The Kier molecular flexibility index (Phi) is 2.93. The smallest absolute Gasteiger partial charge is 0.142 e. The number of hydrogen-bond acceptors (Lipinski definition) is 2. The summed E-state index contributed by atoms with van der Waals surface area (Å²) in [5.41, 5.74) is 0.987. The molecule has 0 atom stereocenters. The second kappa shape index (κ2) is 4.28. The lowest BCUT2D eigenvalue weighted by molar-refractivity contribution is -0.104. The predicted molar refractivity (Wildman–Crippen MR) is 42.9 cm³/mol. The van der Waals surface area contributed by atoms with Crippen LogP contribution in [0.5, 0.6) is 0 Å². The summed E-state index contributed by atoms with van der Waals surface area (Å²) in [7, 11) is 0. The molecule has 0 amide bonds. The van der Waals surface area contributed by atoms with Crippen LogP contribution in [0.15, 0.2) is 41.2 Å². The van der Waals surface area contributed by atoms with Crippen LogP contribution in [0.2, 0.25) is 0 Å². The second-order valence-electron chi connectivity index (χ2n) is 1.94. The van der Waals surface area contributed by atoms with Crippen molar-refractivity contribution in [3.8, 4) is 0 Å². The third-order valence-corrected chi connectivity index (χ3v) is 1.13. The monoisotopic (exact) mass is 148 g/mol. The minimum Gasteiger partial charge on any atom is -0.472 e. The van der Waals surface area contributed by atoms with Gasteiger partial charge in [0.15, 0.2) is 0 Å². The lowest BCUT2D eigenvalue weighted by atomic mass is 10.3. The van der Waals surface area contributed by atoms with Crippen molar-refractivity contribution in [2.75, 3.05) is 0 Å². The number of carbonyl (C=O) groups is 1. The highest BCUT2D eigenvalue weighted by atomic mass is 16.3. The molecule has 1 rings (SSSR count). The topological polar surface area (TPSA) is 30.2 Å². The Bertz CT molecular complexity index is 255. The van der Waals surface area contributed by atoms with Crippen molar-refractivity contribution in [1.29, 1.82) is 0 Å². The number of rotatable bonds is 3. The normalized spacial score (nSPS) is 11.3. The van der Waals surface area contributed by atoms with Crippen molar-refractivity contribution in [2.45, 2.75) is 0 Å². The minimum atomic E-state index is 0.736. The molecule has 2 heteroatoms. The molecule has 56 valence electrons. The zero-order valence-electron chi connectivity index (χ0n) is 5.94. The Balaban J connectivity index is 2.49. The third kappa shape index (κ3) is 2.67. The molecule has 0 spiro atoms. The molecule has 2 nitrogen and oxygen atoms in total. The van der Waals surface area contributed by atoms with E-state index in [1.165, 1.54) is 6.08 Å². The van der Waals surface area contributed by atoms with Crippen molar-refractivity contribution in [3.63, 3.8) is 0 Å². The van der Waals surface area contributed by atoms with Crippen LogP contribution in [0.3, 0.4) is 0 Å². The molecule has 0 aliphatic rings. The van der Waals surface area contributed by atoms with Gasteiger partial charge in [0.1, 0.15) is 6.29 Å². The quantitative estimate of drug-likeness (QED) is 0.373. The number of hydrogen-bond donors (Lipinski definition) is 0. The maximum absolute atomic E-state index is 9.83. The van der Waals surface area contributed by atoms with Crippen LogP contribution in [-0.4, -0.2) is 6.29 Å². The van der Waals surface area contributed by atoms with Crippen LogP contribution >= 0.6 is 0 Å². The van der Waals surface area contributed by atoms with Crippen LogP contribution in [0.1, 0.15) is 5.56 Å². The molecule has 1 aromatic rings. The second-order valence-corrected chi connectivity index (χ2v) is 1.94.